The highest BCUT2D eigenvalue weighted by Gasteiger charge is 2.29. The van der Waals surface area contributed by atoms with Gasteiger partial charge in [-0.3, -0.25) is 4.79 Å². The van der Waals surface area contributed by atoms with Gasteiger partial charge in [-0.2, -0.15) is 0 Å². The van der Waals surface area contributed by atoms with Crippen LogP contribution in [0.4, 0.5) is 5.82 Å². The van der Waals surface area contributed by atoms with E-state index in [9.17, 15) is 4.79 Å². The molecule has 1 fully saturated rings. The molecule has 0 unspecified atom stereocenters. The molecule has 1 amide bonds. The molecule has 9 heteroatoms. The fourth-order valence-corrected chi connectivity index (χ4v) is 4.26. The van der Waals surface area contributed by atoms with Crippen molar-refractivity contribution in [3.05, 3.63) is 58.5 Å². The van der Waals surface area contributed by atoms with Crippen LogP contribution in [0.2, 0.25) is 10.0 Å². The molecule has 3 heterocycles. The second-order valence-corrected chi connectivity index (χ2v) is 8.68. The molecule has 1 aliphatic heterocycles. The molecule has 3 aromatic rings. The minimum absolute atomic E-state index is 0.0314. The number of rotatable bonds is 7. The number of nitrogens with zero attached hydrogens (tertiary/aromatic N) is 5. The van der Waals surface area contributed by atoms with E-state index in [0.717, 1.165) is 38.2 Å². The lowest BCUT2D eigenvalue weighted by molar-refractivity contribution is -0.137. The Balaban J connectivity index is 1.39. The van der Waals surface area contributed by atoms with E-state index < -0.39 is 0 Å². The molecule has 7 nitrogen and oxygen atoms in total. The molecule has 1 aliphatic rings. The van der Waals surface area contributed by atoms with Crippen molar-refractivity contribution in [3.63, 3.8) is 0 Å². The van der Waals surface area contributed by atoms with Crippen LogP contribution in [0.5, 0.6) is 0 Å². The van der Waals surface area contributed by atoms with Crippen LogP contribution in [-0.2, 0) is 11.3 Å². The van der Waals surface area contributed by atoms with E-state index in [-0.39, 0.29) is 11.8 Å². The van der Waals surface area contributed by atoms with E-state index in [1.807, 2.05) is 35.2 Å². The summed E-state index contributed by atoms with van der Waals surface area (Å²) in [5.74, 6) is 1.76. The molecule has 0 N–H and O–H groups in total. The van der Waals surface area contributed by atoms with Crippen LogP contribution in [0.25, 0.3) is 11.5 Å². The standard InChI is InChI=1S/C23H25Cl2N5O2/c1-2-11-30(15-21-27-28-22(32-21)18-5-3-4-6-19(18)25)23(31)16-9-12-29(13-10-16)20-8-7-17(24)14-26-20/h3-8,14,16H,2,9-13,15H2,1H3. The molecule has 0 saturated carbocycles. The first kappa shape index (κ1) is 22.6. The number of benzene rings is 1. The number of carbonyl (C=O) groups is 1. The van der Waals surface area contributed by atoms with E-state index >= 15 is 0 Å². The molecule has 168 valence electrons. The van der Waals surface area contributed by atoms with Gasteiger partial charge in [0, 0.05) is 31.7 Å². The highest BCUT2D eigenvalue weighted by molar-refractivity contribution is 6.33. The zero-order valence-corrected chi connectivity index (χ0v) is 19.4. The smallest absolute Gasteiger partial charge is 0.249 e. The van der Waals surface area contributed by atoms with Crippen LogP contribution >= 0.6 is 23.2 Å². The van der Waals surface area contributed by atoms with Crippen molar-refractivity contribution in [2.24, 2.45) is 5.92 Å². The van der Waals surface area contributed by atoms with Gasteiger partial charge in [-0.05, 0) is 43.5 Å². The lowest BCUT2D eigenvalue weighted by Crippen LogP contribution is -2.43. The number of hydrogen-bond donors (Lipinski definition) is 0. The average molecular weight is 474 g/mol. The summed E-state index contributed by atoms with van der Waals surface area (Å²) in [7, 11) is 0. The number of halogens is 2. The van der Waals surface area contributed by atoms with E-state index in [1.54, 1.807) is 12.3 Å². The molecule has 4 rings (SSSR count). The summed E-state index contributed by atoms with van der Waals surface area (Å²) in [4.78, 5) is 21.7. The SMILES string of the molecule is CCCN(Cc1nnc(-c2ccccc2Cl)o1)C(=O)C1CCN(c2ccc(Cl)cn2)CC1. The van der Waals surface area contributed by atoms with Crippen molar-refractivity contribution in [2.75, 3.05) is 24.5 Å². The van der Waals surface area contributed by atoms with Crippen molar-refractivity contribution in [2.45, 2.75) is 32.7 Å². The van der Waals surface area contributed by atoms with Gasteiger partial charge >= 0.3 is 0 Å². The van der Waals surface area contributed by atoms with Crippen LogP contribution in [-0.4, -0.2) is 45.6 Å². The Morgan fingerprint density at radius 3 is 2.62 bits per heavy atom. The van der Waals surface area contributed by atoms with Crippen LogP contribution in [0.1, 0.15) is 32.1 Å². The molecule has 1 aromatic carbocycles. The van der Waals surface area contributed by atoms with Gasteiger partial charge in [0.15, 0.2) is 0 Å². The summed E-state index contributed by atoms with van der Waals surface area (Å²) >= 11 is 12.2. The van der Waals surface area contributed by atoms with Crippen molar-refractivity contribution in [1.29, 1.82) is 0 Å². The quantitative estimate of drug-likeness (QED) is 0.475. The Morgan fingerprint density at radius 1 is 1.16 bits per heavy atom. The molecule has 0 bridgehead atoms. The van der Waals surface area contributed by atoms with Crippen molar-refractivity contribution < 1.29 is 9.21 Å². The number of pyridine rings is 1. The molecule has 0 spiro atoms. The van der Waals surface area contributed by atoms with Gasteiger partial charge in [0.25, 0.3) is 0 Å². The predicted molar refractivity (Wildman–Crippen MR) is 125 cm³/mol. The van der Waals surface area contributed by atoms with Gasteiger partial charge in [0.05, 0.1) is 22.2 Å². The largest absolute Gasteiger partial charge is 0.419 e. The normalized spacial score (nSPS) is 14.5. The third kappa shape index (κ3) is 5.22. The monoisotopic (exact) mass is 473 g/mol. The molecular weight excluding hydrogens is 449 g/mol. The summed E-state index contributed by atoms with van der Waals surface area (Å²) in [6.07, 6.45) is 4.05. The molecule has 0 aliphatic carbocycles. The zero-order valence-electron chi connectivity index (χ0n) is 17.9. The number of aromatic nitrogens is 3. The van der Waals surface area contributed by atoms with Crippen molar-refractivity contribution in [3.8, 4) is 11.5 Å². The Hall–Kier alpha value is -2.64. The van der Waals surface area contributed by atoms with E-state index in [1.165, 1.54) is 0 Å². The van der Waals surface area contributed by atoms with Gasteiger partial charge in [0.1, 0.15) is 5.82 Å². The van der Waals surface area contributed by atoms with Crippen LogP contribution in [0.3, 0.4) is 0 Å². The Bertz CT molecular complexity index is 1050. The summed E-state index contributed by atoms with van der Waals surface area (Å²) < 4.78 is 5.82. The Morgan fingerprint density at radius 2 is 1.94 bits per heavy atom. The first-order chi connectivity index (χ1) is 15.5. The van der Waals surface area contributed by atoms with E-state index in [4.69, 9.17) is 27.6 Å². The van der Waals surface area contributed by atoms with E-state index in [2.05, 4.69) is 27.0 Å². The number of carbonyl (C=O) groups excluding carboxylic acids is 1. The third-order valence-electron chi connectivity index (χ3n) is 5.58. The maximum Gasteiger partial charge on any atom is 0.249 e. The second-order valence-electron chi connectivity index (χ2n) is 7.84. The van der Waals surface area contributed by atoms with Gasteiger partial charge < -0.3 is 14.2 Å². The Labute approximate surface area is 197 Å². The summed E-state index contributed by atoms with van der Waals surface area (Å²) in [5.41, 5.74) is 0.685. The molecule has 0 radical (unpaired) electrons. The molecule has 32 heavy (non-hydrogen) atoms. The topological polar surface area (TPSA) is 75.4 Å². The van der Waals surface area contributed by atoms with Crippen LogP contribution in [0, 0.1) is 5.92 Å². The average Bonchev–Trinajstić information content (AvgIpc) is 3.27. The van der Waals surface area contributed by atoms with Gasteiger partial charge in [-0.1, -0.05) is 42.3 Å². The first-order valence-corrected chi connectivity index (χ1v) is 11.5. The van der Waals surface area contributed by atoms with Gasteiger partial charge in [-0.25, -0.2) is 4.98 Å². The summed E-state index contributed by atoms with van der Waals surface area (Å²) in [6.45, 7) is 4.55. The Kier molecular flexibility index (Phi) is 7.27. The number of amides is 1. The second kappa shape index (κ2) is 10.3. The zero-order chi connectivity index (χ0) is 22.5. The van der Waals surface area contributed by atoms with Gasteiger partial charge in [0.2, 0.25) is 17.7 Å². The number of piperidine rings is 1. The summed E-state index contributed by atoms with van der Waals surface area (Å²) in [6, 6.07) is 11.1. The number of hydrogen-bond acceptors (Lipinski definition) is 6. The third-order valence-corrected chi connectivity index (χ3v) is 6.14. The fraction of sp³-hybridized carbons (Fsp3) is 0.391. The van der Waals surface area contributed by atoms with Crippen molar-refractivity contribution >= 4 is 34.9 Å². The highest BCUT2D eigenvalue weighted by Crippen LogP contribution is 2.28. The highest BCUT2D eigenvalue weighted by atomic mass is 35.5. The van der Waals surface area contributed by atoms with E-state index in [0.29, 0.717) is 40.5 Å². The number of anilines is 1. The van der Waals surface area contributed by atoms with Crippen LogP contribution < -0.4 is 4.90 Å². The lowest BCUT2D eigenvalue weighted by Gasteiger charge is -2.34. The van der Waals surface area contributed by atoms with Gasteiger partial charge in [-0.15, -0.1) is 10.2 Å². The first-order valence-electron chi connectivity index (χ1n) is 10.8. The van der Waals surface area contributed by atoms with Crippen molar-refractivity contribution in [1.82, 2.24) is 20.1 Å². The lowest BCUT2D eigenvalue weighted by atomic mass is 9.95. The molecule has 1 saturated heterocycles. The molecule has 0 atom stereocenters. The van der Waals surface area contributed by atoms with Crippen LogP contribution in [0.15, 0.2) is 47.0 Å². The predicted octanol–water partition coefficient (Wildman–Crippen LogP) is 5.09. The summed E-state index contributed by atoms with van der Waals surface area (Å²) in [5, 5.41) is 9.43. The molecule has 2 aromatic heterocycles. The molecular formula is C23H25Cl2N5O2. The fourth-order valence-electron chi connectivity index (χ4n) is 3.93. The minimum Gasteiger partial charge on any atom is -0.419 e. The maximum atomic E-state index is 13.3. The minimum atomic E-state index is -0.0314. The maximum absolute atomic E-state index is 13.3.